The second-order valence-corrected chi connectivity index (χ2v) is 6.09. The predicted octanol–water partition coefficient (Wildman–Crippen LogP) is 2.86. The molecule has 0 aromatic heterocycles. The van der Waals surface area contributed by atoms with E-state index >= 15 is 0 Å². The van der Waals surface area contributed by atoms with Gasteiger partial charge in [0.1, 0.15) is 12.4 Å². The fourth-order valence-corrected chi connectivity index (χ4v) is 3.47. The maximum Gasteiger partial charge on any atom is 0.124 e. The van der Waals surface area contributed by atoms with E-state index in [1.165, 1.54) is 44.6 Å². The van der Waals surface area contributed by atoms with Gasteiger partial charge in [-0.15, -0.1) is 12.4 Å². The Morgan fingerprint density at radius 2 is 2.19 bits per heavy atom. The highest BCUT2D eigenvalue weighted by Gasteiger charge is 2.40. The van der Waals surface area contributed by atoms with Crippen LogP contribution in [0, 0.1) is 5.41 Å². The molecule has 2 aliphatic rings. The van der Waals surface area contributed by atoms with Gasteiger partial charge in [0.15, 0.2) is 0 Å². The minimum atomic E-state index is 0. The molecule has 1 aromatic carbocycles. The molecule has 2 heterocycles. The maximum atomic E-state index is 5.76. The Kier molecular flexibility index (Phi) is 5.68. The second kappa shape index (κ2) is 7.30. The van der Waals surface area contributed by atoms with Crippen LogP contribution in [0.15, 0.2) is 36.9 Å². The van der Waals surface area contributed by atoms with E-state index in [0.29, 0.717) is 12.0 Å². The Balaban J connectivity index is 0.00000161. The lowest BCUT2D eigenvalue weighted by Gasteiger charge is -2.23. The van der Waals surface area contributed by atoms with Crippen molar-refractivity contribution in [1.82, 2.24) is 10.2 Å². The molecule has 2 aliphatic heterocycles. The monoisotopic (exact) mass is 308 g/mol. The molecule has 21 heavy (non-hydrogen) atoms. The summed E-state index contributed by atoms with van der Waals surface area (Å²) in [5.41, 5.74) is 1.83. The van der Waals surface area contributed by atoms with Gasteiger partial charge in [-0.3, -0.25) is 4.90 Å². The van der Waals surface area contributed by atoms with Crippen molar-refractivity contribution < 1.29 is 4.74 Å². The van der Waals surface area contributed by atoms with E-state index in [0.717, 1.165) is 12.3 Å². The molecule has 0 amide bonds. The van der Waals surface area contributed by atoms with E-state index < -0.39 is 0 Å². The van der Waals surface area contributed by atoms with Crippen molar-refractivity contribution in [3.63, 3.8) is 0 Å². The molecule has 1 N–H and O–H groups in total. The van der Waals surface area contributed by atoms with E-state index in [2.05, 4.69) is 35.0 Å². The van der Waals surface area contributed by atoms with Gasteiger partial charge in [0.2, 0.25) is 0 Å². The largest absolute Gasteiger partial charge is 0.489 e. The third kappa shape index (κ3) is 3.79. The second-order valence-electron chi connectivity index (χ2n) is 6.09. The van der Waals surface area contributed by atoms with Gasteiger partial charge in [-0.1, -0.05) is 30.9 Å². The van der Waals surface area contributed by atoms with Crippen molar-refractivity contribution in [1.29, 1.82) is 0 Å². The van der Waals surface area contributed by atoms with Gasteiger partial charge in [-0.25, -0.2) is 0 Å². The van der Waals surface area contributed by atoms with Crippen LogP contribution in [0.5, 0.6) is 5.75 Å². The molecule has 2 fully saturated rings. The number of nitrogens with one attached hydrogen (secondary N) is 1. The molecule has 1 atom stereocenters. The van der Waals surface area contributed by atoms with Gasteiger partial charge in [-0.2, -0.15) is 0 Å². The Bertz CT molecular complexity index is 472. The molecule has 3 nitrogen and oxygen atoms in total. The first-order valence-corrected chi connectivity index (χ1v) is 7.56. The summed E-state index contributed by atoms with van der Waals surface area (Å²) >= 11 is 0. The van der Waals surface area contributed by atoms with E-state index in [1.807, 2.05) is 6.07 Å². The number of para-hydroxylation sites is 1. The van der Waals surface area contributed by atoms with E-state index in [4.69, 9.17) is 4.74 Å². The zero-order valence-electron chi connectivity index (χ0n) is 12.5. The van der Waals surface area contributed by atoms with Gasteiger partial charge in [0.05, 0.1) is 0 Å². The van der Waals surface area contributed by atoms with Gasteiger partial charge in [-0.05, 0) is 37.4 Å². The van der Waals surface area contributed by atoms with E-state index in [9.17, 15) is 0 Å². The first-order chi connectivity index (χ1) is 9.81. The first-order valence-electron chi connectivity index (χ1n) is 7.56. The highest BCUT2D eigenvalue weighted by atomic mass is 35.5. The zero-order chi connectivity index (χ0) is 13.8. The molecule has 4 heteroatoms. The minimum absolute atomic E-state index is 0. The normalized spacial score (nSPS) is 25.0. The van der Waals surface area contributed by atoms with E-state index in [1.54, 1.807) is 6.08 Å². The average molecular weight is 309 g/mol. The summed E-state index contributed by atoms with van der Waals surface area (Å²) in [4.78, 5) is 2.57. The summed E-state index contributed by atoms with van der Waals surface area (Å²) in [5, 5.41) is 3.52. The molecular formula is C17H25ClN2O. The number of hydrogen-bond acceptors (Lipinski definition) is 3. The fourth-order valence-electron chi connectivity index (χ4n) is 3.47. The van der Waals surface area contributed by atoms with Crippen LogP contribution in [0.1, 0.15) is 18.4 Å². The standard InChI is InChI=1S/C17H24N2O.ClH/c1-2-11-20-16-6-4-3-5-15(16)12-19-10-8-17(14-19)7-9-18-13-17;/h2-6,18H,1,7-14H2;1H. The summed E-state index contributed by atoms with van der Waals surface area (Å²) < 4.78 is 5.76. The van der Waals surface area contributed by atoms with Crippen LogP contribution in [-0.2, 0) is 6.54 Å². The van der Waals surface area contributed by atoms with E-state index in [-0.39, 0.29) is 12.4 Å². The van der Waals surface area contributed by atoms with Crippen molar-refractivity contribution in [2.24, 2.45) is 5.41 Å². The molecule has 0 radical (unpaired) electrons. The van der Waals surface area contributed by atoms with Crippen LogP contribution in [0.3, 0.4) is 0 Å². The Morgan fingerprint density at radius 3 is 2.95 bits per heavy atom. The summed E-state index contributed by atoms with van der Waals surface area (Å²) in [6, 6.07) is 8.37. The fraction of sp³-hybridized carbons (Fsp3) is 0.529. The van der Waals surface area contributed by atoms with Crippen molar-refractivity contribution in [3.8, 4) is 5.75 Å². The molecule has 3 rings (SSSR count). The smallest absolute Gasteiger partial charge is 0.124 e. The lowest BCUT2D eigenvalue weighted by molar-refractivity contribution is 0.263. The Hall–Kier alpha value is -1.03. The molecular weight excluding hydrogens is 284 g/mol. The lowest BCUT2D eigenvalue weighted by atomic mass is 9.86. The molecule has 116 valence electrons. The SMILES string of the molecule is C=CCOc1ccccc1CN1CCC2(CCNC2)C1.Cl. The van der Waals surface area contributed by atoms with Crippen molar-refractivity contribution in [3.05, 3.63) is 42.5 Å². The summed E-state index contributed by atoms with van der Waals surface area (Å²) in [5.74, 6) is 0.998. The van der Waals surface area contributed by atoms with Crippen LogP contribution in [0.25, 0.3) is 0 Å². The number of nitrogens with zero attached hydrogens (tertiary/aromatic N) is 1. The third-order valence-corrected chi connectivity index (χ3v) is 4.57. The molecule has 0 aliphatic carbocycles. The number of ether oxygens (including phenoxy) is 1. The summed E-state index contributed by atoms with van der Waals surface area (Å²) in [7, 11) is 0. The zero-order valence-corrected chi connectivity index (χ0v) is 13.3. The average Bonchev–Trinajstić information content (AvgIpc) is 3.09. The number of likely N-dealkylation sites (tertiary alicyclic amines) is 1. The van der Waals surface area contributed by atoms with Crippen LogP contribution in [-0.4, -0.2) is 37.7 Å². The molecule has 2 saturated heterocycles. The van der Waals surface area contributed by atoms with Gasteiger partial charge < -0.3 is 10.1 Å². The van der Waals surface area contributed by atoms with Gasteiger partial charge >= 0.3 is 0 Å². The topological polar surface area (TPSA) is 24.5 Å². The lowest BCUT2D eigenvalue weighted by Crippen LogP contribution is -2.29. The van der Waals surface area contributed by atoms with Crippen LogP contribution in [0.4, 0.5) is 0 Å². The van der Waals surface area contributed by atoms with Crippen molar-refractivity contribution in [2.45, 2.75) is 19.4 Å². The number of rotatable bonds is 5. The number of benzene rings is 1. The first kappa shape index (κ1) is 16.3. The highest BCUT2D eigenvalue weighted by Crippen LogP contribution is 2.37. The van der Waals surface area contributed by atoms with Crippen LogP contribution >= 0.6 is 12.4 Å². The van der Waals surface area contributed by atoms with Gasteiger partial charge in [0.25, 0.3) is 0 Å². The number of hydrogen-bond donors (Lipinski definition) is 1. The van der Waals surface area contributed by atoms with Crippen LogP contribution < -0.4 is 10.1 Å². The summed E-state index contributed by atoms with van der Waals surface area (Å²) in [6.07, 6.45) is 4.46. The Labute approximate surface area is 133 Å². The van der Waals surface area contributed by atoms with Crippen molar-refractivity contribution in [2.75, 3.05) is 32.8 Å². The predicted molar refractivity (Wildman–Crippen MR) is 89.2 cm³/mol. The quantitative estimate of drug-likeness (QED) is 0.847. The highest BCUT2D eigenvalue weighted by molar-refractivity contribution is 5.85. The van der Waals surface area contributed by atoms with Gasteiger partial charge in [0, 0.05) is 25.2 Å². The molecule has 1 spiro atoms. The minimum Gasteiger partial charge on any atom is -0.489 e. The summed E-state index contributed by atoms with van der Waals surface area (Å²) in [6.45, 7) is 10.1. The van der Waals surface area contributed by atoms with Crippen LogP contribution in [0.2, 0.25) is 0 Å². The third-order valence-electron chi connectivity index (χ3n) is 4.57. The molecule has 0 bridgehead atoms. The molecule has 0 saturated carbocycles. The molecule has 1 unspecified atom stereocenters. The maximum absolute atomic E-state index is 5.76. The van der Waals surface area contributed by atoms with Crippen molar-refractivity contribution >= 4 is 12.4 Å². The Morgan fingerprint density at radius 1 is 1.33 bits per heavy atom. The molecule has 1 aromatic rings. The number of halogens is 1.